The van der Waals surface area contributed by atoms with Crippen LogP contribution >= 0.6 is 0 Å². The summed E-state index contributed by atoms with van der Waals surface area (Å²) >= 11 is 0. The molecule has 1 saturated heterocycles. The number of rotatable bonds is 9. The number of carbonyl (C=O) groups is 1. The zero-order valence-electron chi connectivity index (χ0n) is 21.5. The Hall–Kier alpha value is -3.69. The molecule has 1 aliphatic heterocycles. The van der Waals surface area contributed by atoms with Gasteiger partial charge in [-0.2, -0.15) is 0 Å². The van der Waals surface area contributed by atoms with Gasteiger partial charge in [0.15, 0.2) is 11.3 Å². The monoisotopic (exact) mass is 532 g/mol. The van der Waals surface area contributed by atoms with Gasteiger partial charge >= 0.3 is 0 Å². The molecule has 0 N–H and O–H groups in total. The Bertz CT molecular complexity index is 1470. The number of fused-ring (bicyclic) bond motifs is 1. The van der Waals surface area contributed by atoms with E-state index in [1.165, 1.54) is 0 Å². The first-order valence-corrected chi connectivity index (χ1v) is 14.2. The van der Waals surface area contributed by atoms with Crippen LogP contribution in [-0.4, -0.2) is 68.9 Å². The summed E-state index contributed by atoms with van der Waals surface area (Å²) < 4.78 is 28.3. The summed E-state index contributed by atoms with van der Waals surface area (Å²) in [6.07, 6.45) is 2.78. The molecule has 0 saturated carbocycles. The van der Waals surface area contributed by atoms with Crippen molar-refractivity contribution in [3.63, 3.8) is 0 Å². The fourth-order valence-corrected chi connectivity index (χ4v) is 5.44. The number of nitrogens with zero attached hydrogens (tertiary/aromatic N) is 4. The van der Waals surface area contributed by atoms with Gasteiger partial charge in [-0.3, -0.25) is 14.7 Å². The van der Waals surface area contributed by atoms with Gasteiger partial charge in [0, 0.05) is 70.0 Å². The molecule has 0 bridgehead atoms. The lowest BCUT2D eigenvalue weighted by Gasteiger charge is -2.36. The molecule has 5 rings (SSSR count). The second-order valence-corrected chi connectivity index (χ2v) is 10.7. The van der Waals surface area contributed by atoms with Crippen LogP contribution in [0.4, 0.5) is 5.69 Å². The van der Waals surface area contributed by atoms with Gasteiger partial charge in [-0.05, 0) is 35.4 Å². The van der Waals surface area contributed by atoms with E-state index in [9.17, 15) is 13.2 Å². The normalized spacial score (nSPS) is 14.3. The maximum atomic E-state index is 13.2. The molecular formula is C29H32N4O4S. The zero-order chi connectivity index (χ0) is 26.5. The van der Waals surface area contributed by atoms with E-state index in [-0.39, 0.29) is 11.7 Å². The number of carbonyl (C=O) groups excluding carboxylic acids is 1. The van der Waals surface area contributed by atoms with Crippen molar-refractivity contribution < 1.29 is 17.6 Å². The summed E-state index contributed by atoms with van der Waals surface area (Å²) in [5.41, 5.74) is 4.43. The molecule has 38 heavy (non-hydrogen) atoms. The van der Waals surface area contributed by atoms with E-state index in [1.54, 1.807) is 24.1 Å². The molecular weight excluding hydrogens is 500 g/mol. The van der Waals surface area contributed by atoms with Crippen LogP contribution in [0.25, 0.3) is 11.0 Å². The van der Waals surface area contributed by atoms with Crippen LogP contribution in [0.3, 0.4) is 0 Å². The van der Waals surface area contributed by atoms with E-state index in [0.717, 1.165) is 67.1 Å². The third-order valence-corrected chi connectivity index (χ3v) is 7.55. The summed E-state index contributed by atoms with van der Waals surface area (Å²) in [6, 6.07) is 21.2. The number of anilines is 1. The number of furan rings is 1. The molecule has 4 aromatic rings. The van der Waals surface area contributed by atoms with E-state index in [4.69, 9.17) is 4.42 Å². The first-order valence-electron chi connectivity index (χ1n) is 12.8. The Labute approximate surface area is 224 Å². The number of amides is 1. The smallest absolute Gasteiger partial charge is 0.289 e. The fourth-order valence-electron chi connectivity index (χ4n) is 4.94. The molecule has 0 atom stereocenters. The molecule has 3 heterocycles. The van der Waals surface area contributed by atoms with Gasteiger partial charge in [-0.1, -0.05) is 42.5 Å². The number of hydrogen-bond acceptors (Lipinski definition) is 7. The predicted molar refractivity (Wildman–Crippen MR) is 149 cm³/mol. The third kappa shape index (κ3) is 6.23. The molecule has 8 nitrogen and oxygen atoms in total. The van der Waals surface area contributed by atoms with Crippen molar-refractivity contribution in [2.24, 2.45) is 0 Å². The number of pyridine rings is 1. The predicted octanol–water partition coefficient (Wildman–Crippen LogP) is 3.58. The van der Waals surface area contributed by atoms with E-state index in [2.05, 4.69) is 26.9 Å². The molecule has 1 amide bonds. The highest BCUT2D eigenvalue weighted by Crippen LogP contribution is 2.31. The van der Waals surface area contributed by atoms with Crippen molar-refractivity contribution in [2.45, 2.75) is 18.7 Å². The molecule has 2 aromatic heterocycles. The van der Waals surface area contributed by atoms with Gasteiger partial charge in [0.1, 0.15) is 10.7 Å². The number of para-hydroxylation sites is 1. The van der Waals surface area contributed by atoms with Gasteiger partial charge < -0.3 is 14.2 Å². The maximum Gasteiger partial charge on any atom is 0.289 e. The van der Waals surface area contributed by atoms with Crippen LogP contribution in [0.5, 0.6) is 0 Å². The lowest BCUT2D eigenvalue weighted by atomic mass is 10.1. The average Bonchev–Trinajstić information content (AvgIpc) is 3.37. The Morgan fingerprint density at radius 3 is 2.53 bits per heavy atom. The van der Waals surface area contributed by atoms with Gasteiger partial charge in [0.2, 0.25) is 0 Å². The number of hydrogen-bond donors (Lipinski definition) is 1. The second-order valence-electron chi connectivity index (χ2n) is 9.68. The highest BCUT2D eigenvalue weighted by molar-refractivity contribution is 7.71. The van der Waals surface area contributed by atoms with Crippen LogP contribution in [0, 0.1) is 0 Å². The molecule has 0 radical (unpaired) electrons. The second kappa shape index (κ2) is 11.8. The van der Waals surface area contributed by atoms with Crippen LogP contribution < -0.4 is 4.90 Å². The molecule has 0 unspecified atom stereocenters. The number of piperazine rings is 1. The Morgan fingerprint density at radius 2 is 1.76 bits per heavy atom. The largest absolute Gasteiger partial charge is 0.449 e. The SMILES string of the molecule is CN(Cc1cccc(C[SH](=O)=O)c1)C(=O)c1cc2cccc(N3CCN(CCc4ccccn4)CC3)c2o1. The number of thiol groups is 1. The van der Waals surface area contributed by atoms with E-state index >= 15 is 0 Å². The van der Waals surface area contributed by atoms with Gasteiger partial charge in [0.25, 0.3) is 5.91 Å². The maximum absolute atomic E-state index is 13.2. The zero-order valence-corrected chi connectivity index (χ0v) is 22.3. The minimum absolute atomic E-state index is 0.00826. The third-order valence-electron chi connectivity index (χ3n) is 6.93. The van der Waals surface area contributed by atoms with Gasteiger partial charge in [0.05, 0.1) is 11.4 Å². The van der Waals surface area contributed by atoms with Crippen LogP contribution in [0.2, 0.25) is 0 Å². The molecule has 2 aromatic carbocycles. The van der Waals surface area contributed by atoms with Crippen molar-refractivity contribution in [3.05, 3.63) is 95.5 Å². The summed E-state index contributed by atoms with van der Waals surface area (Å²) in [4.78, 5) is 24.0. The van der Waals surface area contributed by atoms with Crippen LogP contribution in [0.1, 0.15) is 27.4 Å². The minimum Gasteiger partial charge on any atom is -0.449 e. The standard InChI is InChI=1S/C29H32N4O4S/c1-31(20-22-6-4-7-23(18-22)21-38(35)36)29(34)27-19-24-8-5-10-26(28(24)37-27)33-16-14-32(15-17-33)13-11-25-9-2-3-12-30-25/h2-10,12,18-19,38H,11,13-17,20-21H2,1H3. The molecule has 1 aliphatic rings. The molecule has 0 aliphatic carbocycles. The first-order chi connectivity index (χ1) is 18.5. The number of aromatic nitrogens is 1. The van der Waals surface area contributed by atoms with Crippen molar-refractivity contribution in [2.75, 3.05) is 44.7 Å². The summed E-state index contributed by atoms with van der Waals surface area (Å²) in [6.45, 7) is 5.02. The Kier molecular flexibility index (Phi) is 8.05. The minimum atomic E-state index is -2.50. The fraction of sp³-hybridized carbons (Fsp3) is 0.310. The molecule has 198 valence electrons. The molecule has 9 heteroatoms. The Balaban J connectivity index is 1.24. The highest BCUT2D eigenvalue weighted by atomic mass is 32.2. The molecule has 0 spiro atoms. The lowest BCUT2D eigenvalue weighted by Crippen LogP contribution is -2.47. The van der Waals surface area contributed by atoms with Gasteiger partial charge in [-0.25, -0.2) is 8.42 Å². The van der Waals surface area contributed by atoms with Crippen molar-refractivity contribution in [3.8, 4) is 0 Å². The quantitative estimate of drug-likeness (QED) is 0.330. The van der Waals surface area contributed by atoms with Gasteiger partial charge in [-0.15, -0.1) is 0 Å². The van der Waals surface area contributed by atoms with Crippen molar-refractivity contribution >= 4 is 33.3 Å². The van der Waals surface area contributed by atoms with Crippen LogP contribution in [0.15, 0.2) is 77.3 Å². The number of benzene rings is 2. The van der Waals surface area contributed by atoms with Crippen molar-refractivity contribution in [1.29, 1.82) is 0 Å². The lowest BCUT2D eigenvalue weighted by molar-refractivity contribution is 0.0756. The van der Waals surface area contributed by atoms with Crippen molar-refractivity contribution in [1.82, 2.24) is 14.8 Å². The molecule has 1 fully saturated rings. The average molecular weight is 533 g/mol. The van der Waals surface area contributed by atoms with E-state index in [1.807, 2.05) is 48.7 Å². The summed E-state index contributed by atoms with van der Waals surface area (Å²) in [5, 5.41) is 0.901. The van der Waals surface area contributed by atoms with E-state index in [0.29, 0.717) is 17.9 Å². The van der Waals surface area contributed by atoms with E-state index < -0.39 is 10.7 Å². The first kappa shape index (κ1) is 25.9. The summed E-state index contributed by atoms with van der Waals surface area (Å²) in [5.74, 6) is 0.0700. The topological polar surface area (TPSA) is 87.0 Å². The summed E-state index contributed by atoms with van der Waals surface area (Å²) in [7, 11) is -0.774. The van der Waals surface area contributed by atoms with Crippen LogP contribution in [-0.2, 0) is 29.4 Å². The Morgan fingerprint density at radius 1 is 0.974 bits per heavy atom. The highest BCUT2D eigenvalue weighted by Gasteiger charge is 2.23.